The van der Waals surface area contributed by atoms with Crippen LogP contribution in [0.15, 0.2) is 65.0 Å². The van der Waals surface area contributed by atoms with Crippen LogP contribution in [0.5, 0.6) is 0 Å². The Balaban J connectivity index is 1.80. The number of amides is 1. The molecule has 24 heavy (non-hydrogen) atoms. The predicted molar refractivity (Wildman–Crippen MR) is 96.3 cm³/mol. The van der Waals surface area contributed by atoms with Gasteiger partial charge in [0.1, 0.15) is 6.54 Å². The SMILES string of the molecule is CCN(C(=O)Cn1cnc(-c2cccs2)cc1=O)c1ccccc1. The average molecular weight is 339 g/mol. The Kier molecular flexibility index (Phi) is 4.86. The smallest absolute Gasteiger partial charge is 0.254 e. The van der Waals surface area contributed by atoms with E-state index in [0.29, 0.717) is 12.2 Å². The number of hydrogen-bond donors (Lipinski definition) is 0. The van der Waals surface area contributed by atoms with Crippen molar-refractivity contribution in [2.24, 2.45) is 0 Å². The monoisotopic (exact) mass is 339 g/mol. The van der Waals surface area contributed by atoms with Crippen LogP contribution < -0.4 is 10.5 Å². The highest BCUT2D eigenvalue weighted by atomic mass is 32.1. The molecule has 0 radical (unpaired) electrons. The third-order valence-corrected chi connectivity index (χ3v) is 4.54. The van der Waals surface area contributed by atoms with Gasteiger partial charge in [0.25, 0.3) is 5.56 Å². The van der Waals surface area contributed by atoms with E-state index in [2.05, 4.69) is 4.98 Å². The Morgan fingerprint density at radius 3 is 2.62 bits per heavy atom. The average Bonchev–Trinajstić information content (AvgIpc) is 3.13. The summed E-state index contributed by atoms with van der Waals surface area (Å²) in [5.74, 6) is -0.142. The Morgan fingerprint density at radius 2 is 2.00 bits per heavy atom. The van der Waals surface area contributed by atoms with Crippen molar-refractivity contribution in [1.29, 1.82) is 0 Å². The molecule has 0 spiro atoms. The molecule has 2 heterocycles. The first-order valence-electron chi connectivity index (χ1n) is 7.65. The maximum atomic E-state index is 12.6. The van der Waals surface area contributed by atoms with Crippen LogP contribution in [0.1, 0.15) is 6.92 Å². The number of anilines is 1. The van der Waals surface area contributed by atoms with E-state index in [-0.39, 0.29) is 18.0 Å². The van der Waals surface area contributed by atoms with E-state index in [9.17, 15) is 9.59 Å². The molecular weight excluding hydrogens is 322 g/mol. The Labute approximate surface area is 143 Å². The molecule has 0 unspecified atom stereocenters. The summed E-state index contributed by atoms with van der Waals surface area (Å²) in [4.78, 5) is 31.7. The Bertz CT molecular complexity index is 873. The van der Waals surface area contributed by atoms with E-state index < -0.39 is 0 Å². The minimum atomic E-state index is -0.231. The quantitative estimate of drug-likeness (QED) is 0.718. The van der Waals surface area contributed by atoms with Gasteiger partial charge in [-0.2, -0.15) is 0 Å². The molecule has 0 atom stereocenters. The molecule has 3 rings (SSSR count). The summed E-state index contributed by atoms with van der Waals surface area (Å²) in [5.41, 5.74) is 1.22. The first-order chi connectivity index (χ1) is 11.7. The summed E-state index contributed by atoms with van der Waals surface area (Å²) < 4.78 is 1.34. The van der Waals surface area contributed by atoms with Crippen LogP contribution >= 0.6 is 11.3 Å². The van der Waals surface area contributed by atoms with Crippen LogP contribution in [0.25, 0.3) is 10.6 Å². The van der Waals surface area contributed by atoms with Crippen molar-refractivity contribution in [3.8, 4) is 10.6 Å². The zero-order chi connectivity index (χ0) is 16.9. The number of nitrogens with zero attached hydrogens (tertiary/aromatic N) is 3. The van der Waals surface area contributed by atoms with E-state index in [0.717, 1.165) is 10.6 Å². The maximum Gasteiger partial charge on any atom is 0.254 e. The standard InChI is InChI=1S/C18H17N3O2S/c1-2-21(14-7-4-3-5-8-14)18(23)12-20-13-19-15(11-17(20)22)16-9-6-10-24-16/h3-11,13H,2,12H2,1H3. The van der Waals surface area contributed by atoms with Gasteiger partial charge in [-0.05, 0) is 30.5 Å². The van der Waals surface area contributed by atoms with Crippen molar-refractivity contribution in [2.75, 3.05) is 11.4 Å². The van der Waals surface area contributed by atoms with Gasteiger partial charge < -0.3 is 4.90 Å². The normalized spacial score (nSPS) is 10.5. The van der Waals surface area contributed by atoms with Crippen molar-refractivity contribution in [1.82, 2.24) is 9.55 Å². The third-order valence-electron chi connectivity index (χ3n) is 3.64. The Morgan fingerprint density at radius 1 is 1.21 bits per heavy atom. The number of carbonyl (C=O) groups is 1. The first-order valence-corrected chi connectivity index (χ1v) is 8.53. The van der Waals surface area contributed by atoms with Gasteiger partial charge in [0, 0.05) is 18.3 Å². The number of aromatic nitrogens is 2. The molecule has 0 aliphatic carbocycles. The van der Waals surface area contributed by atoms with Crippen LogP contribution in [0.2, 0.25) is 0 Å². The van der Waals surface area contributed by atoms with Gasteiger partial charge in [0.2, 0.25) is 5.91 Å². The number of rotatable bonds is 5. The fourth-order valence-electron chi connectivity index (χ4n) is 2.45. The van der Waals surface area contributed by atoms with Gasteiger partial charge in [-0.3, -0.25) is 14.2 Å². The molecule has 0 aliphatic heterocycles. The third kappa shape index (κ3) is 3.44. The van der Waals surface area contributed by atoms with E-state index in [4.69, 9.17) is 0 Å². The lowest BCUT2D eigenvalue weighted by Gasteiger charge is -2.21. The van der Waals surface area contributed by atoms with Crippen LogP contribution in [0.3, 0.4) is 0 Å². The summed E-state index contributed by atoms with van der Waals surface area (Å²) in [6, 6.07) is 14.7. The van der Waals surface area contributed by atoms with Crippen LogP contribution in [-0.2, 0) is 11.3 Å². The molecule has 3 aromatic rings. The van der Waals surface area contributed by atoms with Gasteiger partial charge in [0.15, 0.2) is 0 Å². The van der Waals surface area contributed by atoms with Gasteiger partial charge in [-0.25, -0.2) is 4.98 Å². The molecule has 0 saturated carbocycles. The van der Waals surface area contributed by atoms with Gasteiger partial charge >= 0.3 is 0 Å². The highest BCUT2D eigenvalue weighted by Crippen LogP contribution is 2.20. The van der Waals surface area contributed by atoms with Crippen molar-refractivity contribution in [2.45, 2.75) is 13.5 Å². The molecule has 6 heteroatoms. The zero-order valence-corrected chi connectivity index (χ0v) is 14.1. The summed E-state index contributed by atoms with van der Waals surface area (Å²) in [6.07, 6.45) is 1.44. The molecule has 0 aliphatic rings. The second-order valence-electron chi connectivity index (χ2n) is 5.19. The lowest BCUT2D eigenvalue weighted by Crippen LogP contribution is -2.36. The lowest BCUT2D eigenvalue weighted by molar-refractivity contribution is -0.119. The minimum Gasteiger partial charge on any atom is -0.311 e. The fourth-order valence-corrected chi connectivity index (χ4v) is 3.14. The first kappa shape index (κ1) is 16.1. The molecule has 1 aromatic carbocycles. The highest BCUT2D eigenvalue weighted by Gasteiger charge is 2.15. The number of hydrogen-bond acceptors (Lipinski definition) is 4. The summed E-state index contributed by atoms with van der Waals surface area (Å²) >= 11 is 1.52. The number of thiophene rings is 1. The second-order valence-corrected chi connectivity index (χ2v) is 6.14. The number of carbonyl (C=O) groups excluding carboxylic acids is 1. The topological polar surface area (TPSA) is 55.2 Å². The van der Waals surface area contributed by atoms with Crippen LogP contribution in [0.4, 0.5) is 5.69 Å². The molecule has 2 aromatic heterocycles. The molecule has 0 N–H and O–H groups in total. The van der Waals surface area contributed by atoms with Crippen LogP contribution in [-0.4, -0.2) is 22.0 Å². The summed E-state index contributed by atoms with van der Waals surface area (Å²) in [7, 11) is 0. The Hall–Kier alpha value is -2.73. The number of likely N-dealkylation sites (N-methyl/N-ethyl adjacent to an activating group) is 1. The van der Waals surface area contributed by atoms with E-state index in [1.807, 2.05) is 54.8 Å². The van der Waals surface area contributed by atoms with Crippen molar-refractivity contribution < 1.29 is 4.79 Å². The minimum absolute atomic E-state index is 0.0285. The van der Waals surface area contributed by atoms with Crippen molar-refractivity contribution >= 4 is 22.9 Å². The zero-order valence-electron chi connectivity index (χ0n) is 13.3. The summed E-state index contributed by atoms with van der Waals surface area (Å²) in [5, 5.41) is 1.94. The fraction of sp³-hybridized carbons (Fsp3) is 0.167. The van der Waals surface area contributed by atoms with E-state index in [1.54, 1.807) is 4.90 Å². The molecule has 5 nitrogen and oxygen atoms in total. The van der Waals surface area contributed by atoms with Gasteiger partial charge in [0.05, 0.1) is 16.9 Å². The molecule has 0 bridgehead atoms. The second kappa shape index (κ2) is 7.23. The van der Waals surface area contributed by atoms with Gasteiger partial charge in [-0.15, -0.1) is 11.3 Å². The van der Waals surface area contributed by atoms with Crippen LogP contribution in [0, 0.1) is 0 Å². The molecule has 0 fully saturated rings. The number of benzene rings is 1. The van der Waals surface area contributed by atoms with Crippen molar-refractivity contribution in [3.05, 3.63) is 70.6 Å². The largest absolute Gasteiger partial charge is 0.311 e. The molecular formula is C18H17N3O2S. The summed E-state index contributed by atoms with van der Waals surface area (Å²) in [6.45, 7) is 2.42. The number of para-hydroxylation sites is 1. The van der Waals surface area contributed by atoms with E-state index in [1.165, 1.54) is 28.3 Å². The van der Waals surface area contributed by atoms with Crippen molar-refractivity contribution in [3.63, 3.8) is 0 Å². The van der Waals surface area contributed by atoms with E-state index >= 15 is 0 Å². The molecule has 122 valence electrons. The highest BCUT2D eigenvalue weighted by molar-refractivity contribution is 7.13. The lowest BCUT2D eigenvalue weighted by atomic mass is 10.3. The molecule has 0 saturated heterocycles. The van der Waals surface area contributed by atoms with Gasteiger partial charge in [-0.1, -0.05) is 24.3 Å². The molecule has 1 amide bonds. The maximum absolute atomic E-state index is 12.6. The predicted octanol–water partition coefficient (Wildman–Crippen LogP) is 3.02.